The number of para-hydroxylation sites is 1. The summed E-state index contributed by atoms with van der Waals surface area (Å²) in [5, 5.41) is 7.12. The zero-order valence-electron chi connectivity index (χ0n) is 14.2. The molecule has 3 rings (SSSR count). The third-order valence-electron chi connectivity index (χ3n) is 3.53. The van der Waals surface area contributed by atoms with Crippen LogP contribution in [0.25, 0.3) is 5.69 Å². The maximum absolute atomic E-state index is 12.4. The van der Waals surface area contributed by atoms with Crippen molar-refractivity contribution in [3.8, 4) is 11.4 Å². The molecule has 5 nitrogen and oxygen atoms in total. The summed E-state index contributed by atoms with van der Waals surface area (Å²) >= 11 is 8.19. The number of carbonyl (C=O) groups excluding carboxylic acids is 1. The zero-order chi connectivity index (χ0) is 18.5. The minimum atomic E-state index is -0.304. The lowest BCUT2D eigenvalue weighted by atomic mass is 10.3. The molecule has 3 aromatic rings. The number of amides is 1. The van der Waals surface area contributed by atoms with E-state index in [-0.39, 0.29) is 11.2 Å². The van der Waals surface area contributed by atoms with E-state index in [2.05, 4.69) is 10.4 Å². The lowest BCUT2D eigenvalue weighted by molar-refractivity contribution is -0.115. The third-order valence-corrected chi connectivity index (χ3v) is 5.95. The van der Waals surface area contributed by atoms with Gasteiger partial charge < -0.3 is 10.1 Å². The molecule has 0 aliphatic heterocycles. The molecule has 0 aliphatic rings. The van der Waals surface area contributed by atoms with Gasteiger partial charge in [0.05, 0.1) is 18.0 Å². The summed E-state index contributed by atoms with van der Waals surface area (Å²) in [6.45, 7) is 1.85. The van der Waals surface area contributed by atoms with Gasteiger partial charge in [0.2, 0.25) is 5.91 Å². The number of anilines is 1. The van der Waals surface area contributed by atoms with E-state index in [1.807, 2.05) is 49.4 Å². The van der Waals surface area contributed by atoms with Crippen molar-refractivity contribution in [2.45, 2.75) is 16.5 Å². The number of aromatic nitrogens is 2. The first kappa shape index (κ1) is 18.6. The molecule has 1 N–H and O–H groups in total. The Balaban J connectivity index is 1.66. The summed E-state index contributed by atoms with van der Waals surface area (Å²) in [6.07, 6.45) is 0. The Hall–Kier alpha value is -2.16. The lowest BCUT2D eigenvalue weighted by Crippen LogP contribution is -2.22. The fourth-order valence-electron chi connectivity index (χ4n) is 2.16. The van der Waals surface area contributed by atoms with Gasteiger partial charge in [0.1, 0.15) is 5.75 Å². The molecular weight excluding hydrogens is 386 g/mol. The van der Waals surface area contributed by atoms with Crippen molar-refractivity contribution in [1.82, 2.24) is 9.78 Å². The van der Waals surface area contributed by atoms with Crippen molar-refractivity contribution in [2.75, 3.05) is 12.4 Å². The molecule has 1 atom stereocenters. The molecule has 0 saturated heterocycles. The molecule has 0 fully saturated rings. The number of hydrogen-bond acceptors (Lipinski definition) is 6. The molecule has 2 aromatic carbocycles. The topological polar surface area (TPSA) is 56.1 Å². The largest absolute Gasteiger partial charge is 0.497 e. The van der Waals surface area contributed by atoms with Crippen LogP contribution in [-0.2, 0) is 4.79 Å². The van der Waals surface area contributed by atoms with E-state index in [1.165, 1.54) is 23.1 Å². The highest BCUT2D eigenvalue weighted by molar-refractivity contribution is 8.02. The second kappa shape index (κ2) is 8.48. The summed E-state index contributed by atoms with van der Waals surface area (Å²) in [6, 6.07) is 16.9. The van der Waals surface area contributed by atoms with Crippen LogP contribution < -0.4 is 10.1 Å². The highest BCUT2D eigenvalue weighted by Crippen LogP contribution is 2.28. The van der Waals surface area contributed by atoms with E-state index in [0.29, 0.717) is 3.95 Å². The summed E-state index contributed by atoms with van der Waals surface area (Å²) in [7, 11) is 1.61. The number of methoxy groups -OCH3 is 1. The number of thioether (sulfide) groups is 1. The maximum Gasteiger partial charge on any atom is 0.237 e. The fourth-order valence-corrected chi connectivity index (χ4v) is 4.67. The van der Waals surface area contributed by atoms with Crippen LogP contribution in [0.5, 0.6) is 5.75 Å². The van der Waals surface area contributed by atoms with Crippen LogP contribution in [0, 0.1) is 3.95 Å². The van der Waals surface area contributed by atoms with E-state index in [4.69, 9.17) is 17.0 Å². The van der Waals surface area contributed by atoms with Gasteiger partial charge in [0, 0.05) is 5.69 Å². The Morgan fingerprint density at radius 3 is 2.58 bits per heavy atom. The van der Waals surface area contributed by atoms with Crippen molar-refractivity contribution in [3.63, 3.8) is 0 Å². The predicted octanol–water partition coefficient (Wildman–Crippen LogP) is 4.79. The number of hydrogen-bond donors (Lipinski definition) is 1. The Morgan fingerprint density at radius 1 is 1.23 bits per heavy atom. The molecule has 1 aromatic heterocycles. The molecule has 0 bridgehead atoms. The number of ether oxygens (including phenoxy) is 1. The Labute approximate surface area is 165 Å². The van der Waals surface area contributed by atoms with Gasteiger partial charge in [-0.2, -0.15) is 0 Å². The molecule has 8 heteroatoms. The second-order valence-electron chi connectivity index (χ2n) is 5.36. The van der Waals surface area contributed by atoms with E-state index in [9.17, 15) is 4.79 Å². The van der Waals surface area contributed by atoms with Gasteiger partial charge in [-0.05, 0) is 55.5 Å². The summed E-state index contributed by atoms with van der Waals surface area (Å²) in [4.78, 5) is 12.4. The first-order chi connectivity index (χ1) is 12.6. The fraction of sp³-hybridized carbons (Fsp3) is 0.167. The molecular formula is C18H17N3O2S3. The molecule has 0 spiro atoms. The van der Waals surface area contributed by atoms with Gasteiger partial charge in [0.25, 0.3) is 0 Å². The molecule has 1 amide bonds. The van der Waals surface area contributed by atoms with Crippen LogP contribution in [-0.4, -0.2) is 28.0 Å². The van der Waals surface area contributed by atoms with Crippen molar-refractivity contribution >= 4 is 46.9 Å². The van der Waals surface area contributed by atoms with Crippen molar-refractivity contribution in [3.05, 3.63) is 58.6 Å². The third kappa shape index (κ3) is 4.51. The Morgan fingerprint density at radius 2 is 1.92 bits per heavy atom. The van der Waals surface area contributed by atoms with Crippen LogP contribution >= 0.6 is 35.3 Å². The zero-order valence-corrected chi connectivity index (χ0v) is 16.7. The molecule has 134 valence electrons. The summed E-state index contributed by atoms with van der Waals surface area (Å²) in [5.41, 5.74) is 1.64. The second-order valence-corrected chi connectivity index (χ2v) is 8.57. The molecule has 26 heavy (non-hydrogen) atoms. The molecule has 0 radical (unpaired) electrons. The normalized spacial score (nSPS) is 11.8. The van der Waals surface area contributed by atoms with Gasteiger partial charge in [-0.15, -0.1) is 5.10 Å². The smallest absolute Gasteiger partial charge is 0.237 e. The lowest BCUT2D eigenvalue weighted by Gasteiger charge is -2.10. The first-order valence-electron chi connectivity index (χ1n) is 7.84. The minimum absolute atomic E-state index is 0.0902. The predicted molar refractivity (Wildman–Crippen MR) is 109 cm³/mol. The number of carbonyl (C=O) groups is 1. The van der Waals surface area contributed by atoms with Crippen LogP contribution in [0.3, 0.4) is 0 Å². The summed E-state index contributed by atoms with van der Waals surface area (Å²) < 4.78 is 8.25. The minimum Gasteiger partial charge on any atom is -0.497 e. The van der Waals surface area contributed by atoms with E-state index in [1.54, 1.807) is 23.9 Å². The molecule has 1 heterocycles. The molecule has 0 aliphatic carbocycles. The molecule has 0 saturated carbocycles. The van der Waals surface area contributed by atoms with Gasteiger partial charge in [-0.1, -0.05) is 41.3 Å². The Bertz CT molecular complexity index is 936. The van der Waals surface area contributed by atoms with Crippen molar-refractivity contribution in [1.29, 1.82) is 0 Å². The van der Waals surface area contributed by atoms with E-state index >= 15 is 0 Å². The average molecular weight is 404 g/mol. The monoisotopic (exact) mass is 403 g/mol. The van der Waals surface area contributed by atoms with Gasteiger partial charge >= 0.3 is 0 Å². The van der Waals surface area contributed by atoms with E-state index < -0.39 is 0 Å². The van der Waals surface area contributed by atoms with Gasteiger partial charge in [-0.25, -0.2) is 4.68 Å². The number of rotatable bonds is 6. The van der Waals surface area contributed by atoms with Gasteiger partial charge in [-0.3, -0.25) is 4.79 Å². The van der Waals surface area contributed by atoms with Crippen molar-refractivity contribution < 1.29 is 9.53 Å². The SMILES string of the molecule is COc1ccc(NC(=O)C(C)Sc2nn(-c3ccccc3)c(=S)s2)cc1. The first-order valence-corrected chi connectivity index (χ1v) is 9.94. The highest BCUT2D eigenvalue weighted by Gasteiger charge is 2.17. The summed E-state index contributed by atoms with van der Waals surface area (Å²) in [5.74, 6) is 0.657. The molecule has 1 unspecified atom stereocenters. The average Bonchev–Trinajstić information content (AvgIpc) is 3.03. The Kier molecular flexibility index (Phi) is 6.08. The van der Waals surface area contributed by atoms with Crippen LogP contribution in [0.4, 0.5) is 5.69 Å². The quantitative estimate of drug-likeness (QED) is 0.474. The number of nitrogens with zero attached hydrogens (tertiary/aromatic N) is 2. The van der Waals surface area contributed by atoms with E-state index in [0.717, 1.165) is 21.5 Å². The van der Waals surface area contributed by atoms with Crippen LogP contribution in [0.1, 0.15) is 6.92 Å². The highest BCUT2D eigenvalue weighted by atomic mass is 32.2. The van der Waals surface area contributed by atoms with Crippen molar-refractivity contribution in [2.24, 2.45) is 0 Å². The van der Waals surface area contributed by atoms with Gasteiger partial charge in [0.15, 0.2) is 8.29 Å². The standard InChI is InChI=1S/C18H17N3O2S3/c1-12(16(22)19-13-8-10-15(23-2)11-9-13)25-17-20-21(18(24)26-17)14-6-4-3-5-7-14/h3-12H,1-2H3,(H,19,22). The van der Waals surface area contributed by atoms with Crippen LogP contribution in [0.2, 0.25) is 0 Å². The number of benzene rings is 2. The number of nitrogens with one attached hydrogen (secondary N) is 1. The van der Waals surface area contributed by atoms with Crippen LogP contribution in [0.15, 0.2) is 58.9 Å². The maximum atomic E-state index is 12.4.